The van der Waals surface area contributed by atoms with Gasteiger partial charge in [0, 0.05) is 5.92 Å². The van der Waals surface area contributed by atoms with Gasteiger partial charge in [-0.15, -0.1) is 0 Å². The van der Waals surface area contributed by atoms with Crippen LogP contribution in [0.5, 0.6) is 0 Å². The maximum absolute atomic E-state index is 11.0. The smallest absolute Gasteiger partial charge is 0.201 e. The molecule has 2 heteroatoms. The zero-order valence-corrected chi connectivity index (χ0v) is 8.45. The molecule has 0 aliphatic heterocycles. The Hall–Kier alpha value is 0.150. The van der Waals surface area contributed by atoms with Crippen LogP contribution in [-0.2, 0) is 4.79 Å². The van der Waals surface area contributed by atoms with E-state index in [9.17, 15) is 4.79 Å². The lowest BCUT2D eigenvalue weighted by Gasteiger charge is -2.03. The minimum absolute atomic E-state index is 0.155. The normalized spacial score (nSPS) is 28.1. The second kappa shape index (κ2) is 1.84. The van der Waals surface area contributed by atoms with Gasteiger partial charge in [0.2, 0.25) is 4.69 Å². The topological polar surface area (TPSA) is 17.1 Å². The zero-order valence-electron chi connectivity index (χ0n) is 6.86. The van der Waals surface area contributed by atoms with Gasteiger partial charge in [-0.1, -0.05) is 27.7 Å². The minimum atomic E-state index is 0.155. The van der Waals surface area contributed by atoms with Gasteiger partial charge in [-0.25, -0.2) is 0 Å². The van der Waals surface area contributed by atoms with Gasteiger partial charge in [-0.3, -0.25) is 4.79 Å². The van der Waals surface area contributed by atoms with E-state index in [1.807, 2.05) is 0 Å². The predicted octanol–water partition coefficient (Wildman–Crippen LogP) is 2.59. The fourth-order valence-corrected chi connectivity index (χ4v) is 2.91. The highest BCUT2D eigenvalue weighted by Gasteiger charge is 2.67. The number of rotatable bonds is 1. The van der Waals surface area contributed by atoms with E-state index in [1.54, 1.807) is 0 Å². The van der Waals surface area contributed by atoms with Gasteiger partial charge in [0.1, 0.15) is 0 Å². The van der Waals surface area contributed by atoms with Crippen LogP contribution in [0.4, 0.5) is 0 Å². The molecule has 0 N–H and O–H groups in total. The Morgan fingerprint density at radius 3 is 1.50 bits per heavy atom. The lowest BCUT2D eigenvalue weighted by Crippen LogP contribution is -1.96. The lowest BCUT2D eigenvalue weighted by atomic mass is 10.0. The van der Waals surface area contributed by atoms with E-state index in [0.717, 1.165) is 0 Å². The highest BCUT2D eigenvalue weighted by Crippen LogP contribution is 2.69. The summed E-state index contributed by atoms with van der Waals surface area (Å²) in [5.41, 5.74) is 0.376. The molecule has 0 heterocycles. The molecule has 1 fully saturated rings. The van der Waals surface area contributed by atoms with Crippen molar-refractivity contribution in [2.45, 2.75) is 27.7 Å². The Bertz CT molecular complexity index is 168. The molecule has 0 bridgehead atoms. The van der Waals surface area contributed by atoms with Crippen LogP contribution in [0.15, 0.2) is 0 Å². The third-order valence-electron chi connectivity index (χ3n) is 3.25. The molecule has 1 rings (SSSR count). The first kappa shape index (κ1) is 8.25. The van der Waals surface area contributed by atoms with Crippen LogP contribution in [0.25, 0.3) is 0 Å². The van der Waals surface area contributed by atoms with E-state index < -0.39 is 0 Å². The van der Waals surface area contributed by atoms with Crippen LogP contribution < -0.4 is 0 Å². The first-order chi connectivity index (χ1) is 4.32. The van der Waals surface area contributed by atoms with Gasteiger partial charge < -0.3 is 0 Å². The molecule has 0 spiro atoms. The average Bonchev–Trinajstić information content (AvgIpc) is 1.97. The van der Waals surface area contributed by atoms with E-state index in [1.165, 1.54) is 0 Å². The summed E-state index contributed by atoms with van der Waals surface area (Å²) in [5, 5.41) is 0. The molecule has 0 unspecified atom stereocenters. The number of hydrogen-bond donors (Lipinski definition) is 0. The Morgan fingerprint density at radius 2 is 1.50 bits per heavy atom. The molecule has 1 saturated carbocycles. The van der Waals surface area contributed by atoms with Crippen molar-refractivity contribution < 1.29 is 4.79 Å². The summed E-state index contributed by atoms with van der Waals surface area (Å²) in [4.78, 5) is 11.0. The molecule has 1 aliphatic carbocycles. The van der Waals surface area contributed by atoms with Gasteiger partial charge in [-0.05, 0) is 26.8 Å². The number of halogens is 1. The molecule has 0 atom stereocenters. The molecule has 0 aromatic heterocycles. The Kier molecular flexibility index (Phi) is 1.52. The minimum Gasteiger partial charge on any atom is -0.286 e. The first-order valence-corrected chi connectivity index (χ1v) is 4.30. The largest absolute Gasteiger partial charge is 0.286 e. The van der Waals surface area contributed by atoms with Crippen LogP contribution in [0.2, 0.25) is 0 Å². The maximum Gasteiger partial charge on any atom is 0.201 e. The van der Waals surface area contributed by atoms with Crippen molar-refractivity contribution in [2.75, 3.05) is 0 Å². The summed E-state index contributed by atoms with van der Waals surface area (Å²) >= 11 is 3.01. The SMILES string of the molecule is CC1(C)C(C(=O)Br)C1(C)C. The summed E-state index contributed by atoms with van der Waals surface area (Å²) in [7, 11) is 0. The van der Waals surface area contributed by atoms with Crippen molar-refractivity contribution in [1.82, 2.24) is 0 Å². The third kappa shape index (κ3) is 0.777. The summed E-state index contributed by atoms with van der Waals surface area (Å²) in [6, 6.07) is 0. The molecular weight excluding hydrogens is 192 g/mol. The monoisotopic (exact) mass is 204 g/mol. The second-order valence-electron chi connectivity index (χ2n) is 4.18. The maximum atomic E-state index is 11.0. The molecule has 1 nitrogen and oxygen atoms in total. The molecular formula is C8H13BrO. The third-order valence-corrected chi connectivity index (χ3v) is 3.71. The van der Waals surface area contributed by atoms with Crippen LogP contribution in [0.1, 0.15) is 27.7 Å². The van der Waals surface area contributed by atoms with Gasteiger partial charge >= 0.3 is 0 Å². The predicted molar refractivity (Wildman–Crippen MR) is 45.0 cm³/mol. The van der Waals surface area contributed by atoms with E-state index in [0.29, 0.717) is 0 Å². The summed E-state index contributed by atoms with van der Waals surface area (Å²) in [5.74, 6) is 0.208. The highest BCUT2D eigenvalue weighted by atomic mass is 79.9. The lowest BCUT2D eigenvalue weighted by molar-refractivity contribution is -0.112. The van der Waals surface area contributed by atoms with Crippen molar-refractivity contribution in [2.24, 2.45) is 16.7 Å². The van der Waals surface area contributed by atoms with Crippen molar-refractivity contribution in [3.63, 3.8) is 0 Å². The zero-order chi connectivity index (χ0) is 8.15. The van der Waals surface area contributed by atoms with Crippen molar-refractivity contribution >= 4 is 20.6 Å². The Morgan fingerprint density at radius 1 is 1.20 bits per heavy atom. The van der Waals surface area contributed by atoms with Gasteiger partial charge in [-0.2, -0.15) is 0 Å². The molecule has 58 valence electrons. The van der Waals surface area contributed by atoms with Crippen LogP contribution >= 0.6 is 15.9 Å². The van der Waals surface area contributed by atoms with Crippen LogP contribution in [-0.4, -0.2) is 4.69 Å². The van der Waals surface area contributed by atoms with E-state index in [4.69, 9.17) is 0 Å². The molecule has 10 heavy (non-hydrogen) atoms. The standard InChI is InChI=1S/C8H13BrO/c1-7(2)5(6(9)10)8(7,3)4/h5H,1-4H3. The van der Waals surface area contributed by atoms with Gasteiger partial charge in [0.05, 0.1) is 0 Å². The van der Waals surface area contributed by atoms with E-state index >= 15 is 0 Å². The molecule has 0 radical (unpaired) electrons. The fraction of sp³-hybridized carbons (Fsp3) is 0.875. The second-order valence-corrected chi connectivity index (χ2v) is 4.96. The molecule has 1 aliphatic rings. The quantitative estimate of drug-likeness (QED) is 0.601. The van der Waals surface area contributed by atoms with Crippen LogP contribution in [0.3, 0.4) is 0 Å². The number of carbonyl (C=O) groups is 1. The highest BCUT2D eigenvalue weighted by molar-refractivity contribution is 9.18. The Labute approximate surface area is 70.3 Å². The fourth-order valence-electron chi connectivity index (χ4n) is 1.76. The molecule has 0 aromatic rings. The first-order valence-electron chi connectivity index (χ1n) is 3.51. The van der Waals surface area contributed by atoms with Crippen molar-refractivity contribution in [1.29, 1.82) is 0 Å². The summed E-state index contributed by atoms with van der Waals surface area (Å²) in [6.07, 6.45) is 0. The van der Waals surface area contributed by atoms with E-state index in [2.05, 4.69) is 43.6 Å². The number of hydrogen-bond acceptors (Lipinski definition) is 1. The summed E-state index contributed by atoms with van der Waals surface area (Å²) < 4.78 is 0.155. The van der Waals surface area contributed by atoms with Crippen molar-refractivity contribution in [3.8, 4) is 0 Å². The molecule has 0 saturated heterocycles. The van der Waals surface area contributed by atoms with Gasteiger partial charge in [0.25, 0.3) is 0 Å². The van der Waals surface area contributed by atoms with Crippen molar-refractivity contribution in [3.05, 3.63) is 0 Å². The molecule has 0 amide bonds. The Balaban J connectivity index is 2.81. The summed E-state index contributed by atoms with van der Waals surface area (Å²) in [6.45, 7) is 8.54. The van der Waals surface area contributed by atoms with Gasteiger partial charge in [0.15, 0.2) is 0 Å². The molecule has 0 aromatic carbocycles. The van der Waals surface area contributed by atoms with Crippen LogP contribution in [0, 0.1) is 16.7 Å². The average molecular weight is 205 g/mol. The number of carbonyl (C=O) groups excluding carboxylic acids is 1. The van der Waals surface area contributed by atoms with E-state index in [-0.39, 0.29) is 21.4 Å².